The van der Waals surface area contributed by atoms with E-state index in [1.54, 1.807) is 6.08 Å². The molecule has 0 aromatic rings. The summed E-state index contributed by atoms with van der Waals surface area (Å²) in [6.45, 7) is 13.6. The predicted octanol–water partition coefficient (Wildman–Crippen LogP) is 6.10. The average Bonchev–Trinajstić information content (AvgIpc) is 2.77. The van der Waals surface area contributed by atoms with Crippen LogP contribution in [0.15, 0.2) is 23.8 Å². The van der Waals surface area contributed by atoms with E-state index in [4.69, 9.17) is 4.74 Å². The Kier molecular flexibility index (Phi) is 5.06. The second-order valence-electron chi connectivity index (χ2n) is 13.8. The minimum atomic E-state index is -0.543. The minimum Gasteiger partial charge on any atom is -0.469 e. The van der Waals surface area contributed by atoms with Crippen LogP contribution < -0.4 is 0 Å². The van der Waals surface area contributed by atoms with Crippen molar-refractivity contribution in [3.63, 3.8) is 0 Å². The molecular formula is C30H42O4. The van der Waals surface area contributed by atoms with Gasteiger partial charge in [0.15, 0.2) is 11.6 Å². The van der Waals surface area contributed by atoms with Crippen LogP contribution in [0.2, 0.25) is 0 Å². The van der Waals surface area contributed by atoms with E-state index in [-0.39, 0.29) is 62.9 Å². The van der Waals surface area contributed by atoms with Crippen molar-refractivity contribution in [2.75, 3.05) is 7.11 Å². The molecule has 4 heteroatoms. The van der Waals surface area contributed by atoms with Crippen molar-refractivity contribution in [3.05, 3.63) is 23.8 Å². The van der Waals surface area contributed by atoms with Gasteiger partial charge in [-0.15, -0.1) is 0 Å². The first kappa shape index (κ1) is 24.0. The van der Waals surface area contributed by atoms with Gasteiger partial charge in [0.2, 0.25) is 0 Å². The molecule has 0 unspecified atom stereocenters. The highest BCUT2D eigenvalue weighted by molar-refractivity contribution is 5.97. The summed E-state index contributed by atoms with van der Waals surface area (Å²) in [7, 11) is 1.50. The maximum absolute atomic E-state index is 14.2. The molecule has 0 radical (unpaired) electrons. The van der Waals surface area contributed by atoms with E-state index in [1.165, 1.54) is 12.7 Å². The van der Waals surface area contributed by atoms with Gasteiger partial charge in [-0.1, -0.05) is 53.2 Å². The number of hydrogen-bond acceptors (Lipinski definition) is 4. The van der Waals surface area contributed by atoms with Gasteiger partial charge in [0, 0.05) is 17.3 Å². The summed E-state index contributed by atoms with van der Waals surface area (Å²) in [4.78, 5) is 40.0. The van der Waals surface area contributed by atoms with Crippen molar-refractivity contribution in [2.45, 2.75) is 86.5 Å². The highest BCUT2D eigenvalue weighted by Gasteiger charge is 2.70. The fourth-order valence-electron chi connectivity index (χ4n) is 9.56. The van der Waals surface area contributed by atoms with E-state index in [2.05, 4.69) is 47.6 Å². The molecule has 0 saturated heterocycles. The van der Waals surface area contributed by atoms with Crippen molar-refractivity contribution in [2.24, 2.45) is 50.7 Å². The molecule has 8 atom stereocenters. The number of rotatable bonds is 1. The molecule has 3 fully saturated rings. The molecule has 3 saturated carbocycles. The Labute approximate surface area is 205 Å². The maximum Gasteiger partial charge on any atom is 0.312 e. The fraction of sp³-hybridized carbons (Fsp3) is 0.767. The van der Waals surface area contributed by atoms with Gasteiger partial charge in [0.25, 0.3) is 0 Å². The van der Waals surface area contributed by atoms with E-state index >= 15 is 0 Å². The van der Waals surface area contributed by atoms with Crippen LogP contribution in [0.1, 0.15) is 86.5 Å². The average molecular weight is 467 g/mol. The van der Waals surface area contributed by atoms with Crippen LogP contribution in [0.25, 0.3) is 0 Å². The first-order valence-electron chi connectivity index (χ1n) is 13.3. The third-order valence-electron chi connectivity index (χ3n) is 11.9. The van der Waals surface area contributed by atoms with Crippen LogP contribution in [0.5, 0.6) is 0 Å². The Balaban J connectivity index is 1.67. The second kappa shape index (κ2) is 7.17. The quantitative estimate of drug-likeness (QED) is 0.438. The first-order valence-corrected chi connectivity index (χ1v) is 13.3. The van der Waals surface area contributed by atoms with E-state index in [1.807, 2.05) is 6.08 Å². The summed E-state index contributed by atoms with van der Waals surface area (Å²) in [5.74, 6) is 0.370. The number of ketones is 2. The van der Waals surface area contributed by atoms with Crippen molar-refractivity contribution in [1.29, 1.82) is 0 Å². The molecule has 186 valence electrons. The van der Waals surface area contributed by atoms with Crippen LogP contribution in [0.4, 0.5) is 0 Å². The molecule has 5 aliphatic rings. The number of hydrogen-bond donors (Lipinski definition) is 0. The van der Waals surface area contributed by atoms with Crippen LogP contribution >= 0.6 is 0 Å². The van der Waals surface area contributed by atoms with Gasteiger partial charge < -0.3 is 4.74 Å². The fourth-order valence-corrected chi connectivity index (χ4v) is 9.56. The molecule has 4 nitrogen and oxygen atoms in total. The molecular weight excluding hydrogens is 424 g/mol. The lowest BCUT2D eigenvalue weighted by Crippen LogP contribution is -2.65. The molecule has 0 spiro atoms. The van der Waals surface area contributed by atoms with E-state index in [9.17, 15) is 14.4 Å². The molecule has 0 aromatic carbocycles. The van der Waals surface area contributed by atoms with E-state index in [0.29, 0.717) is 0 Å². The zero-order chi connectivity index (χ0) is 24.9. The van der Waals surface area contributed by atoms with Crippen molar-refractivity contribution in [3.8, 4) is 0 Å². The second-order valence-corrected chi connectivity index (χ2v) is 13.8. The monoisotopic (exact) mass is 466 g/mol. The summed E-state index contributed by atoms with van der Waals surface area (Å²) in [5, 5.41) is 0. The summed E-state index contributed by atoms with van der Waals surface area (Å²) in [6.07, 6.45) is 12.2. The van der Waals surface area contributed by atoms with Crippen LogP contribution in [0, 0.1) is 50.7 Å². The summed E-state index contributed by atoms with van der Waals surface area (Å²) in [5.41, 5.74) is 0.181. The highest BCUT2D eigenvalue weighted by atomic mass is 16.5. The molecule has 5 rings (SSSR count). The molecule has 0 aromatic heterocycles. The number of carbonyl (C=O) groups excluding carboxylic acids is 3. The molecule has 0 amide bonds. The summed E-state index contributed by atoms with van der Waals surface area (Å²) < 4.78 is 5.40. The molecule has 0 bridgehead atoms. The number of carbonyl (C=O) groups is 3. The van der Waals surface area contributed by atoms with Crippen LogP contribution in [0.3, 0.4) is 0 Å². The van der Waals surface area contributed by atoms with Gasteiger partial charge in [-0.25, -0.2) is 0 Å². The zero-order valence-electron chi connectivity index (χ0n) is 22.1. The minimum absolute atomic E-state index is 0.0116. The van der Waals surface area contributed by atoms with Crippen LogP contribution in [-0.2, 0) is 19.1 Å². The van der Waals surface area contributed by atoms with Gasteiger partial charge >= 0.3 is 5.97 Å². The van der Waals surface area contributed by atoms with Gasteiger partial charge in [0.05, 0.1) is 12.5 Å². The number of allylic oxidation sites excluding steroid dienone is 4. The Morgan fingerprint density at radius 1 is 0.941 bits per heavy atom. The molecule has 5 aliphatic carbocycles. The summed E-state index contributed by atoms with van der Waals surface area (Å²) in [6, 6.07) is 0. The largest absolute Gasteiger partial charge is 0.469 e. The highest BCUT2D eigenvalue weighted by Crippen LogP contribution is 2.73. The van der Waals surface area contributed by atoms with Gasteiger partial charge in [-0.3, -0.25) is 14.4 Å². The maximum atomic E-state index is 14.2. The normalized spacial score (nSPS) is 49.2. The topological polar surface area (TPSA) is 60.4 Å². The van der Waals surface area contributed by atoms with Gasteiger partial charge in [-0.2, -0.15) is 0 Å². The van der Waals surface area contributed by atoms with Crippen molar-refractivity contribution < 1.29 is 19.1 Å². The van der Waals surface area contributed by atoms with E-state index < -0.39 is 5.41 Å². The molecule has 0 heterocycles. The number of fused-ring (bicyclic) bond motifs is 7. The smallest absolute Gasteiger partial charge is 0.312 e. The van der Waals surface area contributed by atoms with Gasteiger partial charge in [-0.05, 0) is 85.2 Å². The van der Waals surface area contributed by atoms with E-state index in [0.717, 1.165) is 44.9 Å². The lowest BCUT2D eigenvalue weighted by Gasteiger charge is -2.68. The number of methoxy groups -OCH3 is 1. The lowest BCUT2D eigenvalue weighted by atomic mass is 9.35. The Hall–Kier alpha value is -1.71. The molecule has 34 heavy (non-hydrogen) atoms. The first-order chi connectivity index (χ1) is 15.8. The Bertz CT molecular complexity index is 1020. The number of ether oxygens (including phenoxy) is 1. The third-order valence-corrected chi connectivity index (χ3v) is 11.9. The van der Waals surface area contributed by atoms with Crippen molar-refractivity contribution in [1.82, 2.24) is 0 Å². The van der Waals surface area contributed by atoms with Crippen LogP contribution in [-0.4, -0.2) is 24.6 Å². The van der Waals surface area contributed by atoms with Crippen molar-refractivity contribution >= 4 is 17.5 Å². The lowest BCUT2D eigenvalue weighted by molar-refractivity contribution is -0.190. The SMILES string of the molecule is COC(=O)[C@]12CCC(C)(C)C[C@H]1[C@H]1C(=O)C=C3[C@@]4(C)C=CC(=O)[C@@H](C)[C@@H]4CC[C@@]3(C)[C@]1(C)CC2. The third kappa shape index (κ3) is 2.80. The zero-order valence-corrected chi connectivity index (χ0v) is 22.1. The molecule has 0 N–H and O–H groups in total. The summed E-state index contributed by atoms with van der Waals surface area (Å²) >= 11 is 0. The number of esters is 1. The molecule has 0 aliphatic heterocycles. The van der Waals surface area contributed by atoms with Gasteiger partial charge in [0.1, 0.15) is 0 Å². The predicted molar refractivity (Wildman–Crippen MR) is 132 cm³/mol. The Morgan fingerprint density at radius 3 is 2.29 bits per heavy atom. The standard InChI is InChI=1S/C30H42O4/c1-18-19-8-11-28(5)23(27(19,4)10-9-21(18)31)16-22(32)24-20-17-26(2,3)12-14-30(20,25(33)34-7)15-13-29(24,28)6/h9-10,16,18-20,24H,8,11-15,17H2,1-7H3/t18-,19-,20-,24-,27-,28+,29+,30-/m0/s1. The Morgan fingerprint density at radius 2 is 1.62 bits per heavy atom.